The molecule has 1 fully saturated rings. The second-order valence-corrected chi connectivity index (χ2v) is 6.40. The van der Waals surface area contributed by atoms with Gasteiger partial charge in [0.15, 0.2) is 0 Å². The van der Waals surface area contributed by atoms with Crippen LogP contribution < -0.4 is 5.73 Å². The fraction of sp³-hybridized carbons (Fsp3) is 0.667. The Hall–Kier alpha value is -0.900. The van der Waals surface area contributed by atoms with Crippen LogP contribution in [-0.4, -0.2) is 48.1 Å². The quantitative estimate of drug-likeness (QED) is 0.904. The number of nitrogens with two attached hydrogens (primary N) is 1. The van der Waals surface area contributed by atoms with Crippen LogP contribution >= 0.6 is 0 Å². The van der Waals surface area contributed by atoms with E-state index in [1.165, 1.54) is 11.1 Å². The fourth-order valence-electron chi connectivity index (χ4n) is 3.55. The molecular formula is C18H31N3. The summed E-state index contributed by atoms with van der Waals surface area (Å²) in [4.78, 5) is 5.15. The first-order valence-electron chi connectivity index (χ1n) is 8.37. The molecule has 1 heterocycles. The molecule has 3 heteroatoms. The molecule has 0 radical (unpaired) electrons. The van der Waals surface area contributed by atoms with Crippen molar-refractivity contribution in [3.8, 4) is 0 Å². The van der Waals surface area contributed by atoms with E-state index in [1.807, 2.05) is 0 Å². The molecule has 3 unspecified atom stereocenters. The highest BCUT2D eigenvalue weighted by Gasteiger charge is 2.31. The Bertz CT molecular complexity index is 446. The van der Waals surface area contributed by atoms with E-state index in [2.05, 4.69) is 61.8 Å². The summed E-state index contributed by atoms with van der Waals surface area (Å²) in [6.07, 6.45) is 1.01. The lowest BCUT2D eigenvalue weighted by Gasteiger charge is -2.44. The largest absolute Gasteiger partial charge is 0.326 e. The first-order valence-corrected chi connectivity index (χ1v) is 8.37. The first kappa shape index (κ1) is 16.5. The summed E-state index contributed by atoms with van der Waals surface area (Å²) >= 11 is 0. The van der Waals surface area contributed by atoms with Crippen LogP contribution in [-0.2, 0) is 0 Å². The molecule has 1 aliphatic rings. The van der Waals surface area contributed by atoms with Crippen LogP contribution in [0.2, 0.25) is 0 Å². The van der Waals surface area contributed by atoms with Gasteiger partial charge in [-0.05, 0) is 32.4 Å². The van der Waals surface area contributed by atoms with Gasteiger partial charge in [0.05, 0.1) is 0 Å². The van der Waals surface area contributed by atoms with E-state index in [9.17, 15) is 0 Å². The Balaban J connectivity index is 2.21. The van der Waals surface area contributed by atoms with Crippen molar-refractivity contribution in [2.45, 2.75) is 52.2 Å². The fourth-order valence-corrected chi connectivity index (χ4v) is 3.55. The van der Waals surface area contributed by atoms with Crippen LogP contribution in [0.25, 0.3) is 0 Å². The van der Waals surface area contributed by atoms with Gasteiger partial charge in [-0.2, -0.15) is 0 Å². The lowest BCUT2D eigenvalue weighted by Crippen LogP contribution is -2.55. The summed E-state index contributed by atoms with van der Waals surface area (Å²) in [5.74, 6) is 0. The van der Waals surface area contributed by atoms with Gasteiger partial charge in [0.1, 0.15) is 0 Å². The van der Waals surface area contributed by atoms with E-state index in [0.717, 1.165) is 32.6 Å². The Morgan fingerprint density at radius 3 is 2.62 bits per heavy atom. The maximum atomic E-state index is 6.49. The van der Waals surface area contributed by atoms with Crippen molar-refractivity contribution in [2.75, 3.05) is 26.2 Å². The van der Waals surface area contributed by atoms with Crippen molar-refractivity contribution >= 4 is 0 Å². The molecule has 2 rings (SSSR count). The van der Waals surface area contributed by atoms with Crippen LogP contribution in [0.4, 0.5) is 0 Å². The molecule has 1 aromatic carbocycles. The Kier molecular flexibility index (Phi) is 5.80. The van der Waals surface area contributed by atoms with Crippen LogP contribution in [0.1, 0.15) is 44.4 Å². The Labute approximate surface area is 130 Å². The third-order valence-electron chi connectivity index (χ3n) is 4.86. The van der Waals surface area contributed by atoms with Gasteiger partial charge in [0.2, 0.25) is 0 Å². The zero-order chi connectivity index (χ0) is 15.4. The summed E-state index contributed by atoms with van der Waals surface area (Å²) in [5, 5.41) is 0. The van der Waals surface area contributed by atoms with Crippen molar-refractivity contribution in [3.05, 3.63) is 35.4 Å². The van der Waals surface area contributed by atoms with Crippen molar-refractivity contribution in [2.24, 2.45) is 5.73 Å². The maximum Gasteiger partial charge on any atom is 0.0500 e. The first-order chi connectivity index (χ1) is 10.1. The van der Waals surface area contributed by atoms with Crippen molar-refractivity contribution in [1.82, 2.24) is 9.80 Å². The van der Waals surface area contributed by atoms with E-state index < -0.39 is 0 Å². The molecule has 21 heavy (non-hydrogen) atoms. The zero-order valence-corrected chi connectivity index (χ0v) is 14.0. The predicted octanol–water partition coefficient (Wildman–Crippen LogP) is 2.80. The minimum absolute atomic E-state index is 0.201. The van der Waals surface area contributed by atoms with E-state index in [0.29, 0.717) is 12.1 Å². The molecule has 1 aliphatic heterocycles. The number of hydrogen-bond acceptors (Lipinski definition) is 3. The van der Waals surface area contributed by atoms with E-state index in [4.69, 9.17) is 5.73 Å². The van der Waals surface area contributed by atoms with Crippen LogP contribution in [0.15, 0.2) is 24.3 Å². The van der Waals surface area contributed by atoms with Crippen molar-refractivity contribution in [1.29, 1.82) is 0 Å². The minimum atomic E-state index is 0.201. The summed E-state index contributed by atoms with van der Waals surface area (Å²) in [5.41, 5.74) is 9.18. The minimum Gasteiger partial charge on any atom is -0.326 e. The highest BCUT2D eigenvalue weighted by Crippen LogP contribution is 2.28. The van der Waals surface area contributed by atoms with Crippen LogP contribution in [0.3, 0.4) is 0 Å². The molecule has 0 aliphatic carbocycles. The van der Waals surface area contributed by atoms with Gasteiger partial charge in [0, 0.05) is 37.8 Å². The molecule has 0 amide bonds. The zero-order valence-electron chi connectivity index (χ0n) is 14.0. The third-order valence-corrected chi connectivity index (χ3v) is 4.86. The molecular weight excluding hydrogens is 258 g/mol. The molecule has 1 saturated heterocycles. The molecule has 0 bridgehead atoms. The van der Waals surface area contributed by atoms with Crippen LogP contribution in [0, 0.1) is 6.92 Å². The summed E-state index contributed by atoms with van der Waals surface area (Å²) in [6, 6.07) is 10.0. The second-order valence-electron chi connectivity index (χ2n) is 6.40. The summed E-state index contributed by atoms with van der Waals surface area (Å²) < 4.78 is 0. The van der Waals surface area contributed by atoms with E-state index in [-0.39, 0.29) is 6.04 Å². The monoisotopic (exact) mass is 289 g/mol. The molecule has 0 saturated carbocycles. The Morgan fingerprint density at radius 2 is 2.05 bits per heavy atom. The van der Waals surface area contributed by atoms with Crippen molar-refractivity contribution < 1.29 is 0 Å². The smallest absolute Gasteiger partial charge is 0.0500 e. The number of benzene rings is 1. The van der Waals surface area contributed by atoms with Gasteiger partial charge in [-0.15, -0.1) is 0 Å². The van der Waals surface area contributed by atoms with Gasteiger partial charge in [-0.25, -0.2) is 0 Å². The summed E-state index contributed by atoms with van der Waals surface area (Å²) in [7, 11) is 0. The maximum absolute atomic E-state index is 6.49. The number of aryl methyl sites for hydroxylation is 1. The molecule has 3 nitrogen and oxygen atoms in total. The second kappa shape index (κ2) is 7.39. The number of hydrogen-bond donors (Lipinski definition) is 1. The lowest BCUT2D eigenvalue weighted by molar-refractivity contribution is 0.0493. The van der Waals surface area contributed by atoms with Gasteiger partial charge in [-0.3, -0.25) is 9.80 Å². The molecule has 118 valence electrons. The normalized spacial score (nSPS) is 24.0. The molecule has 0 aromatic heterocycles. The highest BCUT2D eigenvalue weighted by molar-refractivity contribution is 5.26. The number of rotatable bonds is 5. The highest BCUT2D eigenvalue weighted by atomic mass is 15.3. The molecule has 2 N–H and O–H groups in total. The summed E-state index contributed by atoms with van der Waals surface area (Å²) in [6.45, 7) is 13.5. The number of nitrogens with zero attached hydrogens (tertiary/aromatic N) is 2. The average molecular weight is 289 g/mol. The van der Waals surface area contributed by atoms with Gasteiger partial charge < -0.3 is 5.73 Å². The topological polar surface area (TPSA) is 32.5 Å². The van der Waals surface area contributed by atoms with Crippen molar-refractivity contribution in [3.63, 3.8) is 0 Å². The third kappa shape index (κ3) is 3.85. The SMILES string of the molecule is CCC(N)C(c1cccc(C)c1)N1CCN(CC)C(C)C1. The van der Waals surface area contributed by atoms with Gasteiger partial charge in [0.25, 0.3) is 0 Å². The van der Waals surface area contributed by atoms with Gasteiger partial charge >= 0.3 is 0 Å². The Morgan fingerprint density at radius 1 is 1.29 bits per heavy atom. The van der Waals surface area contributed by atoms with E-state index in [1.54, 1.807) is 0 Å². The number of likely N-dealkylation sites (N-methyl/N-ethyl adjacent to an activating group) is 1. The molecule has 1 aromatic rings. The molecule has 0 spiro atoms. The molecule has 3 atom stereocenters. The average Bonchev–Trinajstić information content (AvgIpc) is 2.47. The lowest BCUT2D eigenvalue weighted by atomic mass is 9.94. The van der Waals surface area contributed by atoms with Gasteiger partial charge in [-0.1, -0.05) is 43.7 Å². The number of piperazine rings is 1. The van der Waals surface area contributed by atoms with E-state index >= 15 is 0 Å². The van der Waals surface area contributed by atoms with Crippen LogP contribution in [0.5, 0.6) is 0 Å². The predicted molar refractivity (Wildman–Crippen MR) is 90.5 cm³/mol. The standard InChI is InChI=1S/C18H31N3/c1-5-17(19)18(16-9-7-8-14(3)12-16)21-11-10-20(6-2)15(4)13-21/h7-9,12,15,17-18H,5-6,10-11,13,19H2,1-4H3.